The van der Waals surface area contributed by atoms with E-state index >= 15 is 0 Å². The average molecular weight is 224 g/mol. The van der Waals surface area contributed by atoms with E-state index < -0.39 is 0 Å². The highest BCUT2D eigenvalue weighted by atomic mass is 16.3. The molecule has 92 valence electrons. The van der Waals surface area contributed by atoms with Gasteiger partial charge in [0.05, 0.1) is 6.07 Å². The van der Waals surface area contributed by atoms with Crippen LogP contribution < -0.4 is 5.32 Å². The van der Waals surface area contributed by atoms with E-state index in [1.165, 1.54) is 25.7 Å². The van der Waals surface area contributed by atoms with E-state index in [1.54, 1.807) is 0 Å². The normalized spacial score (nSPS) is 29.9. The lowest BCUT2D eigenvalue weighted by Gasteiger charge is -2.35. The van der Waals surface area contributed by atoms with Gasteiger partial charge in [0.2, 0.25) is 0 Å². The number of hydrogen-bond donors (Lipinski definition) is 2. The molecule has 0 atom stereocenters. The van der Waals surface area contributed by atoms with E-state index in [4.69, 9.17) is 5.11 Å². The Morgan fingerprint density at radius 1 is 1.44 bits per heavy atom. The molecule has 0 unspecified atom stereocenters. The summed E-state index contributed by atoms with van der Waals surface area (Å²) >= 11 is 0. The van der Waals surface area contributed by atoms with Crippen molar-refractivity contribution in [1.29, 1.82) is 5.26 Å². The van der Waals surface area contributed by atoms with Crippen LogP contribution in [0, 0.1) is 17.2 Å². The molecular formula is C13H24N2O. The summed E-state index contributed by atoms with van der Waals surface area (Å²) in [6.45, 7) is 3.18. The Labute approximate surface area is 98.8 Å². The van der Waals surface area contributed by atoms with E-state index in [9.17, 15) is 5.26 Å². The fourth-order valence-electron chi connectivity index (χ4n) is 2.60. The summed E-state index contributed by atoms with van der Waals surface area (Å²) in [6.07, 6.45) is 7.59. The lowest BCUT2D eigenvalue weighted by Crippen LogP contribution is -2.47. The standard InChI is InChI=1S/C13H24N2O/c1-2-4-12-5-7-13(11-14,8-6-12)15-9-3-10-16/h12,15-16H,2-10H2,1H3. The molecule has 1 aliphatic rings. The maximum absolute atomic E-state index is 9.28. The second-order valence-electron chi connectivity index (χ2n) is 4.93. The molecule has 0 spiro atoms. The van der Waals surface area contributed by atoms with Crippen LogP contribution in [0.1, 0.15) is 51.9 Å². The van der Waals surface area contributed by atoms with Gasteiger partial charge < -0.3 is 5.11 Å². The lowest BCUT2D eigenvalue weighted by atomic mass is 9.76. The van der Waals surface area contributed by atoms with Crippen LogP contribution in [0.25, 0.3) is 0 Å². The van der Waals surface area contributed by atoms with Crippen LogP contribution in [0.3, 0.4) is 0 Å². The van der Waals surface area contributed by atoms with Crippen molar-refractivity contribution in [3.05, 3.63) is 0 Å². The van der Waals surface area contributed by atoms with Crippen LogP contribution in [0.4, 0.5) is 0 Å². The minimum atomic E-state index is -0.306. The summed E-state index contributed by atoms with van der Waals surface area (Å²) in [5.74, 6) is 0.825. The van der Waals surface area contributed by atoms with Crippen molar-refractivity contribution in [1.82, 2.24) is 5.32 Å². The van der Waals surface area contributed by atoms with Gasteiger partial charge in [-0.1, -0.05) is 19.8 Å². The molecule has 0 bridgehead atoms. The molecular weight excluding hydrogens is 200 g/mol. The molecule has 1 aliphatic carbocycles. The van der Waals surface area contributed by atoms with Gasteiger partial charge in [-0.05, 0) is 44.6 Å². The van der Waals surface area contributed by atoms with Crippen LogP contribution in [-0.4, -0.2) is 23.8 Å². The maximum atomic E-state index is 9.28. The molecule has 0 radical (unpaired) electrons. The zero-order chi connectivity index (χ0) is 11.9. The van der Waals surface area contributed by atoms with Crippen LogP contribution in [0.15, 0.2) is 0 Å². The van der Waals surface area contributed by atoms with E-state index in [2.05, 4.69) is 18.3 Å². The monoisotopic (exact) mass is 224 g/mol. The Bertz CT molecular complexity index is 227. The first-order valence-corrected chi connectivity index (χ1v) is 6.53. The van der Waals surface area contributed by atoms with Gasteiger partial charge in [0.1, 0.15) is 5.54 Å². The topological polar surface area (TPSA) is 56.0 Å². The number of hydrogen-bond acceptors (Lipinski definition) is 3. The van der Waals surface area contributed by atoms with E-state index in [1.807, 2.05) is 0 Å². The zero-order valence-electron chi connectivity index (χ0n) is 10.3. The molecule has 1 fully saturated rings. The van der Waals surface area contributed by atoms with Crippen LogP contribution in [-0.2, 0) is 0 Å². The van der Waals surface area contributed by atoms with Gasteiger partial charge in [0.15, 0.2) is 0 Å². The third kappa shape index (κ3) is 3.77. The molecule has 3 nitrogen and oxygen atoms in total. The number of nitrogens with zero attached hydrogens (tertiary/aromatic N) is 1. The number of nitriles is 1. The summed E-state index contributed by atoms with van der Waals surface area (Å²) in [5, 5.41) is 21.4. The van der Waals surface area contributed by atoms with Crippen molar-refractivity contribution >= 4 is 0 Å². The molecule has 0 aromatic carbocycles. The fourth-order valence-corrected chi connectivity index (χ4v) is 2.60. The summed E-state index contributed by atoms with van der Waals surface area (Å²) in [5.41, 5.74) is -0.306. The van der Waals surface area contributed by atoms with E-state index in [-0.39, 0.29) is 12.1 Å². The molecule has 1 saturated carbocycles. The molecule has 1 rings (SSSR count). The predicted octanol–water partition coefficient (Wildman–Crippen LogP) is 2.21. The average Bonchev–Trinajstić information content (AvgIpc) is 2.32. The van der Waals surface area contributed by atoms with Crippen LogP contribution >= 0.6 is 0 Å². The maximum Gasteiger partial charge on any atom is 0.106 e. The van der Waals surface area contributed by atoms with Gasteiger partial charge in [-0.15, -0.1) is 0 Å². The van der Waals surface area contributed by atoms with Crippen molar-refractivity contribution in [2.75, 3.05) is 13.2 Å². The van der Waals surface area contributed by atoms with Crippen molar-refractivity contribution in [2.24, 2.45) is 5.92 Å². The second kappa shape index (κ2) is 6.88. The highest BCUT2D eigenvalue weighted by molar-refractivity contribution is 5.09. The second-order valence-corrected chi connectivity index (χ2v) is 4.93. The Kier molecular flexibility index (Phi) is 5.79. The predicted molar refractivity (Wildman–Crippen MR) is 64.9 cm³/mol. The van der Waals surface area contributed by atoms with E-state index in [0.717, 1.165) is 31.7 Å². The quantitative estimate of drug-likeness (QED) is 0.680. The van der Waals surface area contributed by atoms with Gasteiger partial charge in [0.25, 0.3) is 0 Å². The van der Waals surface area contributed by atoms with Gasteiger partial charge in [-0.2, -0.15) is 5.26 Å². The molecule has 16 heavy (non-hydrogen) atoms. The Morgan fingerprint density at radius 2 is 2.12 bits per heavy atom. The molecule has 0 aliphatic heterocycles. The molecule has 3 heteroatoms. The smallest absolute Gasteiger partial charge is 0.106 e. The fraction of sp³-hybridized carbons (Fsp3) is 0.923. The van der Waals surface area contributed by atoms with Crippen molar-refractivity contribution in [3.8, 4) is 6.07 Å². The van der Waals surface area contributed by atoms with Crippen molar-refractivity contribution < 1.29 is 5.11 Å². The zero-order valence-corrected chi connectivity index (χ0v) is 10.3. The van der Waals surface area contributed by atoms with Gasteiger partial charge in [-0.3, -0.25) is 5.32 Å². The number of rotatable bonds is 6. The third-order valence-corrected chi connectivity index (χ3v) is 3.67. The summed E-state index contributed by atoms with van der Waals surface area (Å²) in [6, 6.07) is 2.45. The molecule has 0 heterocycles. The molecule has 0 aromatic heterocycles. The summed E-state index contributed by atoms with van der Waals surface area (Å²) in [7, 11) is 0. The third-order valence-electron chi connectivity index (χ3n) is 3.67. The highest BCUT2D eigenvalue weighted by Gasteiger charge is 2.34. The molecule has 0 saturated heterocycles. The molecule has 0 amide bonds. The largest absolute Gasteiger partial charge is 0.396 e. The first-order chi connectivity index (χ1) is 7.76. The number of aliphatic hydroxyl groups excluding tert-OH is 1. The first-order valence-electron chi connectivity index (χ1n) is 6.53. The van der Waals surface area contributed by atoms with Gasteiger partial charge in [0, 0.05) is 6.61 Å². The Hall–Kier alpha value is -0.590. The Morgan fingerprint density at radius 3 is 2.62 bits per heavy atom. The molecule has 2 N–H and O–H groups in total. The van der Waals surface area contributed by atoms with E-state index in [0.29, 0.717) is 0 Å². The number of nitrogens with one attached hydrogen (secondary N) is 1. The van der Waals surface area contributed by atoms with Crippen molar-refractivity contribution in [2.45, 2.75) is 57.4 Å². The lowest BCUT2D eigenvalue weighted by molar-refractivity contribution is 0.219. The summed E-state index contributed by atoms with van der Waals surface area (Å²) < 4.78 is 0. The summed E-state index contributed by atoms with van der Waals surface area (Å²) in [4.78, 5) is 0. The minimum Gasteiger partial charge on any atom is -0.396 e. The van der Waals surface area contributed by atoms with Gasteiger partial charge >= 0.3 is 0 Å². The highest BCUT2D eigenvalue weighted by Crippen LogP contribution is 2.33. The SMILES string of the molecule is CCCC1CCC(C#N)(NCCCO)CC1. The van der Waals surface area contributed by atoms with Crippen LogP contribution in [0.5, 0.6) is 0 Å². The van der Waals surface area contributed by atoms with Gasteiger partial charge in [-0.25, -0.2) is 0 Å². The Balaban J connectivity index is 2.36. The molecule has 0 aromatic rings. The minimum absolute atomic E-state index is 0.201. The number of aliphatic hydroxyl groups is 1. The first kappa shape index (κ1) is 13.5. The van der Waals surface area contributed by atoms with Crippen molar-refractivity contribution in [3.63, 3.8) is 0 Å². The van der Waals surface area contributed by atoms with Crippen LogP contribution in [0.2, 0.25) is 0 Å².